The van der Waals surface area contributed by atoms with E-state index in [0.29, 0.717) is 11.4 Å². The molecule has 0 saturated carbocycles. The average Bonchev–Trinajstić information content (AvgIpc) is 3.11. The Morgan fingerprint density at radius 1 is 1.11 bits per heavy atom. The van der Waals surface area contributed by atoms with Gasteiger partial charge in [0, 0.05) is 19.3 Å². The highest BCUT2D eigenvalue weighted by Gasteiger charge is 2.19. The third kappa shape index (κ3) is 1.97. The summed E-state index contributed by atoms with van der Waals surface area (Å²) in [4.78, 5) is 18.2. The van der Waals surface area contributed by atoms with Gasteiger partial charge in [-0.05, 0) is 25.0 Å². The van der Waals surface area contributed by atoms with Crippen LogP contribution in [0, 0.1) is 0 Å². The number of hydrogen-bond donors (Lipinski definition) is 0. The first-order valence-electron chi connectivity index (χ1n) is 5.95. The van der Waals surface area contributed by atoms with Crippen LogP contribution >= 0.6 is 0 Å². The normalized spacial score (nSPS) is 15.0. The van der Waals surface area contributed by atoms with E-state index in [2.05, 4.69) is 15.2 Å². The van der Waals surface area contributed by atoms with Crippen LogP contribution in [0.5, 0.6) is 0 Å². The second-order valence-electron chi connectivity index (χ2n) is 4.27. The Kier molecular flexibility index (Phi) is 2.76. The second-order valence-corrected chi connectivity index (χ2v) is 4.27. The van der Waals surface area contributed by atoms with Crippen molar-refractivity contribution in [2.24, 2.45) is 0 Å². The van der Waals surface area contributed by atoms with Crippen molar-refractivity contribution in [3.05, 3.63) is 36.5 Å². The van der Waals surface area contributed by atoms with Crippen molar-refractivity contribution in [3.63, 3.8) is 0 Å². The molecule has 0 radical (unpaired) electrons. The van der Waals surface area contributed by atoms with Gasteiger partial charge >= 0.3 is 0 Å². The first kappa shape index (κ1) is 10.9. The summed E-state index contributed by atoms with van der Waals surface area (Å²) in [5, 5.41) is 7.43. The standard InChI is InChI=1S/C12H13N5O/c18-12(16-5-1-2-6-16)10-3-4-11(13-7-10)17-8-14-15-9-17/h3-4,7-9H,1-2,5-6H2. The van der Waals surface area contributed by atoms with Crippen LogP contribution < -0.4 is 0 Å². The summed E-state index contributed by atoms with van der Waals surface area (Å²) in [5.74, 6) is 0.772. The molecule has 0 atom stereocenters. The predicted molar refractivity (Wildman–Crippen MR) is 64.3 cm³/mol. The molecule has 0 aromatic carbocycles. The van der Waals surface area contributed by atoms with Crippen molar-refractivity contribution in [1.29, 1.82) is 0 Å². The Bertz CT molecular complexity index is 528. The summed E-state index contributed by atoms with van der Waals surface area (Å²) in [6.07, 6.45) is 6.94. The molecule has 2 aromatic heterocycles. The van der Waals surface area contributed by atoms with Gasteiger partial charge in [-0.25, -0.2) is 4.98 Å². The number of rotatable bonds is 2. The number of likely N-dealkylation sites (tertiary alicyclic amines) is 1. The molecule has 1 aliphatic rings. The molecular weight excluding hydrogens is 230 g/mol. The smallest absolute Gasteiger partial charge is 0.255 e. The van der Waals surface area contributed by atoms with Crippen LogP contribution in [0.25, 0.3) is 5.82 Å². The molecule has 0 spiro atoms. The molecule has 6 heteroatoms. The fourth-order valence-electron chi connectivity index (χ4n) is 2.09. The summed E-state index contributed by atoms with van der Waals surface area (Å²) in [6.45, 7) is 1.71. The molecule has 1 amide bonds. The second kappa shape index (κ2) is 4.56. The lowest BCUT2D eigenvalue weighted by molar-refractivity contribution is 0.0792. The van der Waals surface area contributed by atoms with Crippen molar-refractivity contribution in [2.75, 3.05) is 13.1 Å². The van der Waals surface area contributed by atoms with E-state index in [1.54, 1.807) is 35.6 Å². The van der Waals surface area contributed by atoms with Gasteiger partial charge in [-0.15, -0.1) is 10.2 Å². The van der Waals surface area contributed by atoms with Crippen molar-refractivity contribution >= 4 is 5.91 Å². The van der Waals surface area contributed by atoms with Crippen LogP contribution in [-0.2, 0) is 0 Å². The summed E-state index contributed by atoms with van der Waals surface area (Å²) in [5.41, 5.74) is 0.633. The van der Waals surface area contributed by atoms with Gasteiger partial charge in [0.25, 0.3) is 5.91 Å². The Balaban J connectivity index is 1.80. The molecule has 0 bridgehead atoms. The zero-order valence-corrected chi connectivity index (χ0v) is 9.86. The maximum atomic E-state index is 12.1. The SMILES string of the molecule is O=C(c1ccc(-n2cnnc2)nc1)N1CCCC1. The van der Waals surface area contributed by atoms with Crippen LogP contribution in [0.3, 0.4) is 0 Å². The minimum Gasteiger partial charge on any atom is -0.339 e. The Labute approximate surface area is 104 Å². The first-order chi connectivity index (χ1) is 8.84. The number of amides is 1. The number of nitrogens with zero attached hydrogens (tertiary/aromatic N) is 5. The lowest BCUT2D eigenvalue weighted by Gasteiger charge is -2.14. The van der Waals surface area contributed by atoms with Gasteiger partial charge in [0.1, 0.15) is 18.5 Å². The molecular formula is C12H13N5O. The van der Waals surface area contributed by atoms with Crippen LogP contribution in [0.2, 0.25) is 0 Å². The topological polar surface area (TPSA) is 63.9 Å². The van der Waals surface area contributed by atoms with Gasteiger partial charge in [0.15, 0.2) is 0 Å². The number of pyridine rings is 1. The van der Waals surface area contributed by atoms with Crippen molar-refractivity contribution in [2.45, 2.75) is 12.8 Å². The largest absolute Gasteiger partial charge is 0.339 e. The molecule has 0 unspecified atom stereocenters. The Morgan fingerprint density at radius 2 is 1.83 bits per heavy atom. The van der Waals surface area contributed by atoms with E-state index in [0.717, 1.165) is 25.9 Å². The highest BCUT2D eigenvalue weighted by Crippen LogP contribution is 2.13. The average molecular weight is 243 g/mol. The Morgan fingerprint density at radius 3 is 2.44 bits per heavy atom. The summed E-state index contributed by atoms with van der Waals surface area (Å²) >= 11 is 0. The lowest BCUT2D eigenvalue weighted by Crippen LogP contribution is -2.27. The van der Waals surface area contributed by atoms with Gasteiger partial charge in [-0.3, -0.25) is 9.36 Å². The molecule has 3 rings (SSSR count). The Hall–Kier alpha value is -2.24. The highest BCUT2D eigenvalue weighted by atomic mass is 16.2. The molecule has 0 N–H and O–H groups in total. The van der Waals surface area contributed by atoms with Crippen LogP contribution in [0.4, 0.5) is 0 Å². The highest BCUT2D eigenvalue weighted by molar-refractivity contribution is 5.94. The number of hydrogen-bond acceptors (Lipinski definition) is 4. The van der Waals surface area contributed by atoms with Crippen molar-refractivity contribution in [1.82, 2.24) is 24.6 Å². The fourth-order valence-corrected chi connectivity index (χ4v) is 2.09. The lowest BCUT2D eigenvalue weighted by atomic mass is 10.2. The molecule has 18 heavy (non-hydrogen) atoms. The summed E-state index contributed by atoms with van der Waals surface area (Å²) in [7, 11) is 0. The molecule has 92 valence electrons. The predicted octanol–water partition coefficient (Wildman–Crippen LogP) is 0.898. The number of carbonyl (C=O) groups excluding carboxylic acids is 1. The van der Waals surface area contributed by atoms with E-state index in [1.807, 2.05) is 4.90 Å². The molecule has 1 saturated heterocycles. The molecule has 0 aliphatic carbocycles. The van der Waals surface area contributed by atoms with E-state index in [1.165, 1.54) is 0 Å². The third-order valence-corrected chi connectivity index (χ3v) is 3.07. The maximum Gasteiger partial charge on any atom is 0.255 e. The van der Waals surface area contributed by atoms with E-state index < -0.39 is 0 Å². The van der Waals surface area contributed by atoms with Crippen LogP contribution in [0.15, 0.2) is 31.0 Å². The third-order valence-electron chi connectivity index (χ3n) is 3.07. The summed E-state index contributed by atoms with van der Waals surface area (Å²) in [6, 6.07) is 3.59. The number of aromatic nitrogens is 4. The van der Waals surface area contributed by atoms with Crippen LogP contribution in [0.1, 0.15) is 23.2 Å². The van der Waals surface area contributed by atoms with Crippen LogP contribution in [-0.4, -0.2) is 43.6 Å². The number of carbonyl (C=O) groups is 1. The van der Waals surface area contributed by atoms with Gasteiger partial charge in [-0.2, -0.15) is 0 Å². The summed E-state index contributed by atoms with van der Waals surface area (Å²) < 4.78 is 1.70. The van der Waals surface area contributed by atoms with E-state index >= 15 is 0 Å². The quantitative estimate of drug-likeness (QED) is 0.786. The van der Waals surface area contributed by atoms with E-state index in [4.69, 9.17) is 0 Å². The minimum atomic E-state index is 0.0651. The molecule has 1 fully saturated rings. The van der Waals surface area contributed by atoms with Gasteiger partial charge in [0.05, 0.1) is 5.56 Å². The molecule has 1 aliphatic heterocycles. The van der Waals surface area contributed by atoms with E-state index in [-0.39, 0.29) is 5.91 Å². The van der Waals surface area contributed by atoms with E-state index in [9.17, 15) is 4.79 Å². The first-order valence-corrected chi connectivity index (χ1v) is 5.95. The van der Waals surface area contributed by atoms with Crippen molar-refractivity contribution < 1.29 is 4.79 Å². The molecule has 3 heterocycles. The minimum absolute atomic E-state index is 0.0651. The fraction of sp³-hybridized carbons (Fsp3) is 0.333. The van der Waals surface area contributed by atoms with Gasteiger partial charge < -0.3 is 4.90 Å². The monoisotopic (exact) mass is 243 g/mol. The zero-order valence-electron chi connectivity index (χ0n) is 9.86. The van der Waals surface area contributed by atoms with Gasteiger partial charge in [-0.1, -0.05) is 0 Å². The molecule has 2 aromatic rings. The molecule has 6 nitrogen and oxygen atoms in total. The van der Waals surface area contributed by atoms with Gasteiger partial charge in [0.2, 0.25) is 0 Å². The maximum absolute atomic E-state index is 12.1. The zero-order chi connectivity index (χ0) is 12.4. The van der Waals surface area contributed by atoms with Crippen molar-refractivity contribution in [3.8, 4) is 5.82 Å².